The molecule has 0 bridgehead atoms. The average molecular weight is 251 g/mol. The van der Waals surface area contributed by atoms with Crippen LogP contribution in [-0.4, -0.2) is 10.1 Å². The molecule has 94 valence electrons. The predicted octanol–water partition coefficient (Wildman–Crippen LogP) is 3.27. The van der Waals surface area contributed by atoms with E-state index in [0.717, 1.165) is 16.5 Å². The Kier molecular flexibility index (Phi) is 2.68. The van der Waals surface area contributed by atoms with Crippen molar-refractivity contribution in [3.8, 4) is 5.75 Å². The van der Waals surface area contributed by atoms with Gasteiger partial charge in [-0.25, -0.2) is 4.98 Å². The molecular formula is C15H13N3O. The van der Waals surface area contributed by atoms with Crippen LogP contribution < -0.4 is 11.1 Å². The number of phenolic OH excluding ortho intramolecular Hbond substituents is 1. The lowest BCUT2D eigenvalue weighted by Gasteiger charge is -2.10. The Morgan fingerprint density at radius 2 is 1.79 bits per heavy atom. The van der Waals surface area contributed by atoms with Crippen molar-refractivity contribution in [1.29, 1.82) is 0 Å². The second-order valence-electron chi connectivity index (χ2n) is 4.28. The number of fused-ring (bicyclic) bond motifs is 1. The first-order valence-electron chi connectivity index (χ1n) is 5.93. The summed E-state index contributed by atoms with van der Waals surface area (Å²) in [5.74, 6) is 0.942. The van der Waals surface area contributed by atoms with E-state index in [1.54, 1.807) is 30.5 Å². The van der Waals surface area contributed by atoms with E-state index >= 15 is 0 Å². The van der Waals surface area contributed by atoms with Gasteiger partial charge in [-0.2, -0.15) is 0 Å². The van der Waals surface area contributed by atoms with Gasteiger partial charge in [-0.1, -0.05) is 12.1 Å². The topological polar surface area (TPSA) is 71.2 Å². The molecule has 4 nitrogen and oxygen atoms in total. The molecule has 0 unspecified atom stereocenters. The maximum absolute atomic E-state index is 9.28. The van der Waals surface area contributed by atoms with Crippen molar-refractivity contribution in [2.45, 2.75) is 0 Å². The van der Waals surface area contributed by atoms with E-state index in [-0.39, 0.29) is 5.75 Å². The van der Waals surface area contributed by atoms with Crippen LogP contribution in [0.15, 0.2) is 54.7 Å². The molecule has 0 saturated carbocycles. The number of nitrogens with two attached hydrogens (primary N) is 1. The maximum Gasteiger partial charge on any atom is 0.140 e. The van der Waals surface area contributed by atoms with Crippen LogP contribution in [0.4, 0.5) is 17.2 Å². The summed E-state index contributed by atoms with van der Waals surface area (Å²) in [5.41, 5.74) is 7.55. The highest BCUT2D eigenvalue weighted by Crippen LogP contribution is 2.29. The molecule has 0 saturated heterocycles. The fraction of sp³-hybridized carbons (Fsp3) is 0. The number of aromatic hydroxyl groups is 1. The summed E-state index contributed by atoms with van der Waals surface area (Å²) in [6, 6.07) is 14.5. The lowest BCUT2D eigenvalue weighted by Crippen LogP contribution is -1.97. The summed E-state index contributed by atoms with van der Waals surface area (Å²) >= 11 is 0. The summed E-state index contributed by atoms with van der Waals surface area (Å²) in [6.45, 7) is 0. The lowest BCUT2D eigenvalue weighted by atomic mass is 10.1. The minimum absolute atomic E-state index is 0.232. The van der Waals surface area contributed by atoms with E-state index in [2.05, 4.69) is 10.3 Å². The zero-order valence-corrected chi connectivity index (χ0v) is 10.2. The Hall–Kier alpha value is -2.75. The Morgan fingerprint density at radius 1 is 1.00 bits per heavy atom. The summed E-state index contributed by atoms with van der Waals surface area (Å²) in [7, 11) is 0. The molecule has 4 N–H and O–H groups in total. The molecule has 0 radical (unpaired) electrons. The van der Waals surface area contributed by atoms with Crippen molar-refractivity contribution >= 4 is 28.0 Å². The minimum atomic E-state index is 0.232. The fourth-order valence-electron chi connectivity index (χ4n) is 2.03. The summed E-state index contributed by atoms with van der Waals surface area (Å²) in [5, 5.41) is 14.4. The standard InChI is InChI=1S/C15H13N3O/c16-13-3-1-2-10-8-9-17-15(14(10)13)18-11-4-6-12(19)7-5-11/h1-9,19H,16H2,(H,17,18). The van der Waals surface area contributed by atoms with Gasteiger partial charge in [-0.15, -0.1) is 0 Å². The first kappa shape index (κ1) is 11.3. The zero-order chi connectivity index (χ0) is 13.2. The number of hydrogen-bond acceptors (Lipinski definition) is 4. The Bertz CT molecular complexity index is 718. The first-order valence-corrected chi connectivity index (χ1v) is 5.93. The van der Waals surface area contributed by atoms with Crippen LogP contribution in [0.3, 0.4) is 0 Å². The molecule has 2 aromatic carbocycles. The van der Waals surface area contributed by atoms with E-state index in [1.165, 1.54) is 0 Å². The smallest absolute Gasteiger partial charge is 0.140 e. The number of phenols is 1. The number of benzene rings is 2. The molecule has 0 atom stereocenters. The van der Waals surface area contributed by atoms with Crippen molar-refractivity contribution in [1.82, 2.24) is 4.98 Å². The molecule has 3 aromatic rings. The summed E-state index contributed by atoms with van der Waals surface area (Å²) in [6.07, 6.45) is 1.74. The van der Waals surface area contributed by atoms with Gasteiger partial charge in [0.15, 0.2) is 0 Å². The first-order chi connectivity index (χ1) is 9.24. The van der Waals surface area contributed by atoms with Crippen molar-refractivity contribution in [2.24, 2.45) is 0 Å². The van der Waals surface area contributed by atoms with Crippen LogP contribution in [0.2, 0.25) is 0 Å². The van der Waals surface area contributed by atoms with Crippen LogP contribution in [0.25, 0.3) is 10.8 Å². The number of rotatable bonds is 2. The fourth-order valence-corrected chi connectivity index (χ4v) is 2.03. The molecule has 1 heterocycles. The SMILES string of the molecule is Nc1cccc2ccnc(Nc3ccc(O)cc3)c12. The number of anilines is 3. The van der Waals surface area contributed by atoms with Gasteiger partial charge in [0.05, 0.1) is 0 Å². The number of nitrogens with zero attached hydrogens (tertiary/aromatic N) is 1. The number of aromatic nitrogens is 1. The van der Waals surface area contributed by atoms with Crippen LogP contribution in [0.1, 0.15) is 0 Å². The van der Waals surface area contributed by atoms with Crippen molar-refractivity contribution in [3.63, 3.8) is 0 Å². The van der Waals surface area contributed by atoms with Gasteiger partial charge >= 0.3 is 0 Å². The quantitative estimate of drug-likeness (QED) is 0.483. The number of nitrogens with one attached hydrogen (secondary N) is 1. The van der Waals surface area contributed by atoms with Crippen molar-refractivity contribution in [3.05, 3.63) is 54.7 Å². The van der Waals surface area contributed by atoms with Crippen molar-refractivity contribution in [2.75, 3.05) is 11.1 Å². The van der Waals surface area contributed by atoms with E-state index in [1.807, 2.05) is 24.3 Å². The Balaban J connectivity index is 2.08. The third-order valence-corrected chi connectivity index (χ3v) is 2.95. The Morgan fingerprint density at radius 3 is 2.58 bits per heavy atom. The van der Waals surface area contributed by atoms with E-state index in [9.17, 15) is 5.11 Å². The molecule has 0 aliphatic carbocycles. The van der Waals surface area contributed by atoms with Gasteiger partial charge in [0.2, 0.25) is 0 Å². The van der Waals surface area contributed by atoms with Crippen LogP contribution in [0.5, 0.6) is 5.75 Å². The van der Waals surface area contributed by atoms with Crippen LogP contribution in [-0.2, 0) is 0 Å². The van der Waals surface area contributed by atoms with Gasteiger partial charge in [-0.3, -0.25) is 0 Å². The van der Waals surface area contributed by atoms with Gasteiger partial charge in [0.1, 0.15) is 11.6 Å². The van der Waals surface area contributed by atoms with E-state index in [4.69, 9.17) is 5.73 Å². The molecule has 4 heteroatoms. The van der Waals surface area contributed by atoms with E-state index < -0.39 is 0 Å². The highest BCUT2D eigenvalue weighted by molar-refractivity contribution is 6.01. The van der Waals surface area contributed by atoms with Crippen molar-refractivity contribution < 1.29 is 5.11 Å². The second-order valence-corrected chi connectivity index (χ2v) is 4.28. The minimum Gasteiger partial charge on any atom is -0.508 e. The number of hydrogen-bond donors (Lipinski definition) is 3. The van der Waals surface area contributed by atoms with Crippen LogP contribution in [0, 0.1) is 0 Å². The average Bonchev–Trinajstić information content (AvgIpc) is 2.42. The lowest BCUT2D eigenvalue weighted by molar-refractivity contribution is 0.475. The molecule has 3 rings (SSSR count). The molecule has 19 heavy (non-hydrogen) atoms. The number of nitrogen functional groups attached to an aromatic ring is 1. The number of pyridine rings is 1. The molecule has 1 aromatic heterocycles. The third kappa shape index (κ3) is 2.15. The summed E-state index contributed by atoms with van der Waals surface area (Å²) < 4.78 is 0. The summed E-state index contributed by atoms with van der Waals surface area (Å²) in [4.78, 5) is 4.33. The zero-order valence-electron chi connectivity index (χ0n) is 10.2. The largest absolute Gasteiger partial charge is 0.508 e. The van der Waals surface area contributed by atoms with Crippen LogP contribution >= 0.6 is 0 Å². The Labute approximate surface area is 110 Å². The molecule has 0 aliphatic heterocycles. The monoisotopic (exact) mass is 251 g/mol. The molecule has 0 amide bonds. The highest BCUT2D eigenvalue weighted by atomic mass is 16.3. The van der Waals surface area contributed by atoms with E-state index in [0.29, 0.717) is 11.5 Å². The predicted molar refractivity (Wildman–Crippen MR) is 77.5 cm³/mol. The van der Waals surface area contributed by atoms with Gasteiger partial charge in [-0.05, 0) is 41.8 Å². The molecule has 0 fully saturated rings. The van der Waals surface area contributed by atoms with Gasteiger partial charge in [0.25, 0.3) is 0 Å². The molecule has 0 spiro atoms. The molecular weight excluding hydrogens is 238 g/mol. The maximum atomic E-state index is 9.28. The second kappa shape index (κ2) is 4.49. The van der Waals surface area contributed by atoms with Gasteiger partial charge < -0.3 is 16.2 Å². The third-order valence-electron chi connectivity index (χ3n) is 2.95. The normalized spacial score (nSPS) is 10.5. The highest BCUT2D eigenvalue weighted by Gasteiger charge is 2.05. The molecule has 0 aliphatic rings. The van der Waals surface area contributed by atoms with Gasteiger partial charge in [0, 0.05) is 23.0 Å².